The number of rotatable bonds is 6. The van der Waals surface area contributed by atoms with E-state index in [2.05, 4.69) is 10.6 Å². The van der Waals surface area contributed by atoms with Crippen molar-refractivity contribution in [2.24, 2.45) is 0 Å². The van der Waals surface area contributed by atoms with Gasteiger partial charge < -0.3 is 15.5 Å². The van der Waals surface area contributed by atoms with Crippen LogP contribution < -0.4 is 10.6 Å². The van der Waals surface area contributed by atoms with Crippen LogP contribution in [0.15, 0.2) is 60.7 Å². The average Bonchev–Trinajstić information content (AvgIpc) is 2.74. The Kier molecular flexibility index (Phi) is 7.00. The summed E-state index contributed by atoms with van der Waals surface area (Å²) in [6, 6.07) is 18.4. The highest BCUT2D eigenvalue weighted by Gasteiger charge is 2.26. The third-order valence-corrected chi connectivity index (χ3v) is 5.18. The maximum absolute atomic E-state index is 12.8. The summed E-state index contributed by atoms with van der Waals surface area (Å²) in [4.78, 5) is 38.5. The summed E-state index contributed by atoms with van der Waals surface area (Å²) in [6.45, 7) is 2.65. The van der Waals surface area contributed by atoms with Gasteiger partial charge in [0.2, 0.25) is 11.8 Å². The fraction of sp³-hybridized carbons (Fsp3) is 0.348. The van der Waals surface area contributed by atoms with Crippen LogP contribution in [0.3, 0.4) is 0 Å². The number of hydrogen-bond acceptors (Lipinski definition) is 3. The quantitative estimate of drug-likeness (QED) is 0.792. The molecule has 1 atom stereocenters. The predicted octanol–water partition coefficient (Wildman–Crippen LogP) is 2.67. The van der Waals surface area contributed by atoms with Gasteiger partial charge in [0.05, 0.1) is 12.5 Å². The fourth-order valence-corrected chi connectivity index (χ4v) is 3.62. The molecule has 1 heterocycles. The van der Waals surface area contributed by atoms with Crippen molar-refractivity contribution < 1.29 is 14.4 Å². The van der Waals surface area contributed by atoms with Gasteiger partial charge >= 0.3 is 0 Å². The molecule has 1 saturated heterocycles. The second kappa shape index (κ2) is 9.87. The summed E-state index contributed by atoms with van der Waals surface area (Å²) < 4.78 is 0. The third kappa shape index (κ3) is 5.91. The first-order valence-electron chi connectivity index (χ1n) is 9.98. The van der Waals surface area contributed by atoms with Crippen LogP contribution in [0, 0.1) is 0 Å². The smallest absolute Gasteiger partial charge is 0.251 e. The van der Waals surface area contributed by atoms with Gasteiger partial charge in [0.1, 0.15) is 0 Å². The molecular formula is C23H27N3O3. The Morgan fingerprint density at radius 3 is 2.14 bits per heavy atom. The van der Waals surface area contributed by atoms with Crippen molar-refractivity contribution >= 4 is 17.7 Å². The Labute approximate surface area is 171 Å². The summed E-state index contributed by atoms with van der Waals surface area (Å²) in [7, 11) is 0. The van der Waals surface area contributed by atoms with Crippen molar-refractivity contribution in [1.29, 1.82) is 0 Å². The second-order valence-electron chi connectivity index (χ2n) is 7.36. The molecule has 0 saturated carbocycles. The minimum atomic E-state index is -0.336. The lowest BCUT2D eigenvalue weighted by molar-refractivity contribution is -0.133. The molecule has 3 amide bonds. The van der Waals surface area contributed by atoms with Crippen LogP contribution in [-0.4, -0.2) is 41.8 Å². The molecule has 1 aliphatic heterocycles. The molecule has 3 rings (SSSR count). The zero-order valence-electron chi connectivity index (χ0n) is 16.6. The fourth-order valence-electron chi connectivity index (χ4n) is 3.62. The number of nitrogens with one attached hydrogen (secondary N) is 2. The zero-order valence-corrected chi connectivity index (χ0v) is 16.6. The van der Waals surface area contributed by atoms with E-state index < -0.39 is 0 Å². The van der Waals surface area contributed by atoms with E-state index in [0.717, 1.165) is 18.4 Å². The van der Waals surface area contributed by atoms with Crippen molar-refractivity contribution in [2.45, 2.75) is 38.3 Å². The summed E-state index contributed by atoms with van der Waals surface area (Å²) in [5.41, 5.74) is 1.56. The molecule has 1 fully saturated rings. The van der Waals surface area contributed by atoms with Crippen molar-refractivity contribution in [3.05, 3.63) is 71.8 Å². The van der Waals surface area contributed by atoms with Crippen LogP contribution in [0.1, 0.15) is 48.1 Å². The number of amides is 3. The number of likely N-dealkylation sites (tertiary alicyclic amines) is 1. The van der Waals surface area contributed by atoms with E-state index >= 15 is 0 Å². The Morgan fingerprint density at radius 2 is 1.55 bits per heavy atom. The van der Waals surface area contributed by atoms with Crippen molar-refractivity contribution in [2.75, 3.05) is 13.1 Å². The number of carbonyl (C=O) groups excluding carboxylic acids is 3. The summed E-state index contributed by atoms with van der Waals surface area (Å²) in [5, 5.41) is 5.93. The molecule has 1 unspecified atom stereocenters. The van der Waals surface area contributed by atoms with Gasteiger partial charge in [-0.05, 0) is 30.5 Å². The third-order valence-electron chi connectivity index (χ3n) is 5.18. The second-order valence-corrected chi connectivity index (χ2v) is 7.36. The average molecular weight is 393 g/mol. The molecule has 29 heavy (non-hydrogen) atoms. The number of carbonyl (C=O) groups is 3. The number of piperidine rings is 1. The molecule has 2 aromatic rings. The van der Waals surface area contributed by atoms with Gasteiger partial charge in [0.15, 0.2) is 0 Å². The molecular weight excluding hydrogens is 366 g/mol. The molecule has 2 aromatic carbocycles. The first kappa shape index (κ1) is 20.6. The van der Waals surface area contributed by atoms with E-state index in [1.54, 1.807) is 12.1 Å². The summed E-state index contributed by atoms with van der Waals surface area (Å²) >= 11 is 0. The molecule has 1 aliphatic rings. The van der Waals surface area contributed by atoms with Gasteiger partial charge in [0.25, 0.3) is 5.91 Å². The van der Waals surface area contributed by atoms with Gasteiger partial charge in [-0.1, -0.05) is 48.5 Å². The highest BCUT2D eigenvalue weighted by molar-refractivity contribution is 5.94. The van der Waals surface area contributed by atoms with Gasteiger partial charge in [-0.25, -0.2) is 0 Å². The van der Waals surface area contributed by atoms with Crippen LogP contribution in [0.5, 0.6) is 0 Å². The van der Waals surface area contributed by atoms with E-state index in [4.69, 9.17) is 0 Å². The number of nitrogens with zero attached hydrogens (tertiary/aromatic N) is 1. The SMILES string of the molecule is CC(=O)NC(CC(=O)N1CCC(NC(=O)c2ccccc2)CC1)c1ccccc1. The summed E-state index contributed by atoms with van der Waals surface area (Å²) in [5.74, 6) is -0.223. The first-order valence-corrected chi connectivity index (χ1v) is 9.98. The molecule has 6 heteroatoms. The van der Waals surface area contributed by atoms with Gasteiger partial charge in [-0.15, -0.1) is 0 Å². The Balaban J connectivity index is 1.52. The maximum Gasteiger partial charge on any atom is 0.251 e. The molecule has 0 radical (unpaired) electrons. The number of benzene rings is 2. The maximum atomic E-state index is 12.8. The monoisotopic (exact) mass is 393 g/mol. The molecule has 2 N–H and O–H groups in total. The van der Waals surface area contributed by atoms with E-state index in [9.17, 15) is 14.4 Å². The lowest BCUT2D eigenvalue weighted by atomic mass is 10.0. The zero-order chi connectivity index (χ0) is 20.6. The molecule has 0 spiro atoms. The molecule has 0 aromatic heterocycles. The van der Waals surface area contributed by atoms with E-state index in [0.29, 0.717) is 18.7 Å². The lowest BCUT2D eigenvalue weighted by Gasteiger charge is -2.33. The highest BCUT2D eigenvalue weighted by Crippen LogP contribution is 2.20. The molecule has 0 bridgehead atoms. The largest absolute Gasteiger partial charge is 0.349 e. The van der Waals surface area contributed by atoms with E-state index in [1.807, 2.05) is 53.4 Å². The van der Waals surface area contributed by atoms with E-state index in [-0.39, 0.29) is 36.2 Å². The van der Waals surface area contributed by atoms with Crippen LogP contribution >= 0.6 is 0 Å². The van der Waals surface area contributed by atoms with Crippen LogP contribution in [0.4, 0.5) is 0 Å². The molecule has 152 valence electrons. The van der Waals surface area contributed by atoms with Gasteiger partial charge in [0, 0.05) is 31.6 Å². The molecule has 0 aliphatic carbocycles. The van der Waals surface area contributed by atoms with Crippen molar-refractivity contribution in [1.82, 2.24) is 15.5 Å². The van der Waals surface area contributed by atoms with Gasteiger partial charge in [-0.3, -0.25) is 14.4 Å². The summed E-state index contributed by atoms with van der Waals surface area (Å²) in [6.07, 6.45) is 1.67. The van der Waals surface area contributed by atoms with Crippen molar-refractivity contribution in [3.63, 3.8) is 0 Å². The first-order chi connectivity index (χ1) is 14.0. The lowest BCUT2D eigenvalue weighted by Crippen LogP contribution is -2.47. The van der Waals surface area contributed by atoms with Crippen molar-refractivity contribution in [3.8, 4) is 0 Å². The predicted molar refractivity (Wildman–Crippen MR) is 111 cm³/mol. The highest BCUT2D eigenvalue weighted by atomic mass is 16.2. The Hall–Kier alpha value is -3.15. The Morgan fingerprint density at radius 1 is 0.966 bits per heavy atom. The topological polar surface area (TPSA) is 78.5 Å². The number of hydrogen-bond donors (Lipinski definition) is 2. The van der Waals surface area contributed by atoms with Crippen LogP contribution in [0.25, 0.3) is 0 Å². The van der Waals surface area contributed by atoms with Crippen LogP contribution in [0.2, 0.25) is 0 Å². The minimum absolute atomic E-state index is 0.0143. The minimum Gasteiger partial charge on any atom is -0.349 e. The van der Waals surface area contributed by atoms with Crippen LogP contribution in [-0.2, 0) is 9.59 Å². The standard InChI is InChI=1S/C23H27N3O3/c1-17(27)24-21(18-8-4-2-5-9-18)16-22(28)26-14-12-20(13-15-26)25-23(29)19-10-6-3-7-11-19/h2-11,20-21H,12-16H2,1H3,(H,24,27)(H,25,29). The molecule has 6 nitrogen and oxygen atoms in total. The van der Waals surface area contributed by atoms with E-state index in [1.165, 1.54) is 6.92 Å². The Bertz CT molecular complexity index is 831. The normalized spacial score (nSPS) is 15.4. The van der Waals surface area contributed by atoms with Gasteiger partial charge in [-0.2, -0.15) is 0 Å².